The lowest BCUT2D eigenvalue weighted by molar-refractivity contribution is 0.414. The molecule has 0 aliphatic carbocycles. The van der Waals surface area contributed by atoms with Gasteiger partial charge < -0.3 is 10.5 Å². The van der Waals surface area contributed by atoms with Crippen LogP contribution >= 0.6 is 11.8 Å². The maximum atomic E-state index is 5.62. The van der Waals surface area contributed by atoms with Crippen LogP contribution in [0.25, 0.3) is 0 Å². The minimum Gasteiger partial charge on any atom is -0.497 e. The van der Waals surface area contributed by atoms with E-state index >= 15 is 0 Å². The molecule has 0 saturated heterocycles. The Balaban J connectivity index is 2.81. The van der Waals surface area contributed by atoms with E-state index in [1.165, 1.54) is 10.5 Å². The molecule has 0 bridgehead atoms. The van der Waals surface area contributed by atoms with Crippen molar-refractivity contribution in [3.05, 3.63) is 23.8 Å². The molecule has 1 aromatic rings. The van der Waals surface area contributed by atoms with Gasteiger partial charge in [0.1, 0.15) is 5.75 Å². The van der Waals surface area contributed by atoms with Crippen LogP contribution in [0.15, 0.2) is 23.1 Å². The zero-order chi connectivity index (χ0) is 12.2. The molecule has 16 heavy (non-hydrogen) atoms. The quantitative estimate of drug-likeness (QED) is 0.801. The van der Waals surface area contributed by atoms with E-state index in [-0.39, 0.29) is 4.75 Å². The summed E-state index contributed by atoms with van der Waals surface area (Å²) in [6.07, 6.45) is 1.02. The van der Waals surface area contributed by atoms with Crippen molar-refractivity contribution in [3.8, 4) is 5.75 Å². The molecule has 0 atom stereocenters. The van der Waals surface area contributed by atoms with Crippen LogP contribution in [-0.4, -0.2) is 18.4 Å². The summed E-state index contributed by atoms with van der Waals surface area (Å²) < 4.78 is 5.39. The monoisotopic (exact) mass is 239 g/mol. The van der Waals surface area contributed by atoms with Gasteiger partial charge in [0, 0.05) is 9.64 Å². The van der Waals surface area contributed by atoms with Gasteiger partial charge in [-0.3, -0.25) is 0 Å². The van der Waals surface area contributed by atoms with Crippen molar-refractivity contribution in [1.82, 2.24) is 0 Å². The van der Waals surface area contributed by atoms with Gasteiger partial charge in [-0.15, -0.1) is 11.8 Å². The van der Waals surface area contributed by atoms with Crippen LogP contribution in [0.3, 0.4) is 0 Å². The number of aryl methyl sites for hydroxylation is 1. The number of benzene rings is 1. The summed E-state index contributed by atoms with van der Waals surface area (Å²) >= 11 is 1.88. The Kier molecular flexibility index (Phi) is 4.69. The fourth-order valence-corrected chi connectivity index (χ4v) is 2.73. The molecule has 2 N–H and O–H groups in total. The first kappa shape index (κ1) is 13.4. The number of thioether (sulfide) groups is 1. The Labute approximate surface area is 103 Å². The molecule has 0 spiro atoms. The second kappa shape index (κ2) is 5.60. The van der Waals surface area contributed by atoms with Crippen LogP contribution in [0.4, 0.5) is 0 Å². The van der Waals surface area contributed by atoms with Crippen LogP contribution in [0.2, 0.25) is 0 Å². The molecule has 0 unspecified atom stereocenters. The third kappa shape index (κ3) is 3.72. The first-order valence-corrected chi connectivity index (χ1v) is 6.34. The maximum Gasteiger partial charge on any atom is 0.119 e. The highest BCUT2D eigenvalue weighted by Crippen LogP contribution is 2.37. The fourth-order valence-electron chi connectivity index (χ4n) is 1.56. The lowest BCUT2D eigenvalue weighted by Crippen LogP contribution is -2.19. The van der Waals surface area contributed by atoms with E-state index in [1.807, 2.05) is 17.8 Å². The number of methoxy groups -OCH3 is 1. The first-order valence-electron chi connectivity index (χ1n) is 5.52. The fraction of sp³-hybridized carbons (Fsp3) is 0.538. The molecule has 0 saturated carbocycles. The molecule has 0 aliphatic rings. The average molecular weight is 239 g/mol. The number of rotatable bonds is 5. The van der Waals surface area contributed by atoms with Gasteiger partial charge in [0.15, 0.2) is 0 Å². The van der Waals surface area contributed by atoms with Gasteiger partial charge in [-0.1, -0.05) is 13.8 Å². The van der Waals surface area contributed by atoms with E-state index in [4.69, 9.17) is 10.5 Å². The van der Waals surface area contributed by atoms with Gasteiger partial charge in [0.2, 0.25) is 0 Å². The van der Waals surface area contributed by atoms with Crippen LogP contribution < -0.4 is 10.5 Å². The molecular weight excluding hydrogens is 218 g/mol. The Morgan fingerprint density at radius 2 is 2.06 bits per heavy atom. The molecule has 0 heterocycles. The van der Waals surface area contributed by atoms with E-state index in [0.29, 0.717) is 0 Å². The van der Waals surface area contributed by atoms with Crippen molar-refractivity contribution in [3.63, 3.8) is 0 Å². The first-order chi connectivity index (χ1) is 7.48. The van der Waals surface area contributed by atoms with E-state index in [0.717, 1.165) is 18.7 Å². The Morgan fingerprint density at radius 1 is 1.38 bits per heavy atom. The van der Waals surface area contributed by atoms with Crippen LogP contribution in [-0.2, 0) is 0 Å². The summed E-state index contributed by atoms with van der Waals surface area (Å²) in [7, 11) is 1.69. The Bertz CT molecular complexity index is 350. The number of nitrogens with two attached hydrogens (primary N) is 1. The summed E-state index contributed by atoms with van der Waals surface area (Å²) in [5.74, 6) is 0.915. The molecule has 0 fully saturated rings. The highest BCUT2D eigenvalue weighted by molar-refractivity contribution is 8.00. The predicted molar refractivity (Wildman–Crippen MR) is 71.3 cm³/mol. The third-order valence-corrected chi connectivity index (χ3v) is 3.95. The lowest BCUT2D eigenvalue weighted by atomic mass is 10.1. The topological polar surface area (TPSA) is 35.2 Å². The van der Waals surface area contributed by atoms with Crippen LogP contribution in [0, 0.1) is 6.92 Å². The van der Waals surface area contributed by atoms with Crippen LogP contribution in [0.5, 0.6) is 5.75 Å². The van der Waals surface area contributed by atoms with E-state index in [9.17, 15) is 0 Å². The second-order valence-electron chi connectivity index (χ2n) is 4.53. The van der Waals surface area contributed by atoms with Gasteiger partial charge in [-0.25, -0.2) is 0 Å². The van der Waals surface area contributed by atoms with E-state index < -0.39 is 0 Å². The van der Waals surface area contributed by atoms with E-state index in [1.54, 1.807) is 7.11 Å². The highest BCUT2D eigenvalue weighted by Gasteiger charge is 2.19. The summed E-state index contributed by atoms with van der Waals surface area (Å²) in [5, 5.41) is 0. The zero-order valence-electron chi connectivity index (χ0n) is 10.5. The largest absolute Gasteiger partial charge is 0.497 e. The molecule has 1 rings (SSSR count). The molecular formula is C13H21NOS. The molecule has 0 aromatic heterocycles. The summed E-state index contributed by atoms with van der Waals surface area (Å²) in [6, 6.07) is 6.20. The van der Waals surface area contributed by atoms with Gasteiger partial charge >= 0.3 is 0 Å². The van der Waals surface area contributed by atoms with Gasteiger partial charge in [0.25, 0.3) is 0 Å². The molecule has 2 nitrogen and oxygen atoms in total. The highest BCUT2D eigenvalue weighted by atomic mass is 32.2. The smallest absolute Gasteiger partial charge is 0.119 e. The van der Waals surface area contributed by atoms with Gasteiger partial charge in [-0.05, 0) is 43.7 Å². The summed E-state index contributed by atoms with van der Waals surface area (Å²) in [4.78, 5) is 1.30. The molecule has 1 aromatic carbocycles. The minimum absolute atomic E-state index is 0.189. The Hall–Kier alpha value is -0.670. The van der Waals surface area contributed by atoms with Crippen molar-refractivity contribution >= 4 is 11.8 Å². The maximum absolute atomic E-state index is 5.62. The third-order valence-electron chi connectivity index (χ3n) is 2.51. The standard InChI is InChI=1S/C13H21NOS/c1-10-9-11(15-4)5-6-12(10)16-13(2,3)7-8-14/h5-6,9H,7-8,14H2,1-4H3. The normalized spacial score (nSPS) is 11.6. The minimum atomic E-state index is 0.189. The van der Waals surface area contributed by atoms with Crippen molar-refractivity contribution in [2.24, 2.45) is 5.73 Å². The molecule has 0 amide bonds. The van der Waals surface area contributed by atoms with Crippen molar-refractivity contribution < 1.29 is 4.74 Å². The molecule has 90 valence electrons. The van der Waals surface area contributed by atoms with Crippen molar-refractivity contribution in [2.45, 2.75) is 36.8 Å². The average Bonchev–Trinajstić information content (AvgIpc) is 2.20. The molecule has 0 radical (unpaired) electrons. The number of hydrogen-bond donors (Lipinski definition) is 1. The second-order valence-corrected chi connectivity index (χ2v) is 6.28. The number of ether oxygens (including phenoxy) is 1. The molecule has 0 aliphatic heterocycles. The summed E-state index contributed by atoms with van der Waals surface area (Å²) in [5.41, 5.74) is 6.88. The lowest BCUT2D eigenvalue weighted by Gasteiger charge is -2.24. The van der Waals surface area contributed by atoms with Crippen LogP contribution in [0.1, 0.15) is 25.8 Å². The summed E-state index contributed by atoms with van der Waals surface area (Å²) in [6.45, 7) is 7.31. The SMILES string of the molecule is COc1ccc(SC(C)(C)CCN)c(C)c1. The van der Waals surface area contributed by atoms with Gasteiger partial charge in [0.05, 0.1) is 7.11 Å². The van der Waals surface area contributed by atoms with Crippen molar-refractivity contribution in [1.29, 1.82) is 0 Å². The zero-order valence-corrected chi connectivity index (χ0v) is 11.4. The Morgan fingerprint density at radius 3 is 2.56 bits per heavy atom. The molecule has 3 heteroatoms. The van der Waals surface area contributed by atoms with Crippen molar-refractivity contribution in [2.75, 3.05) is 13.7 Å². The predicted octanol–water partition coefficient (Wildman–Crippen LogP) is 3.22. The van der Waals surface area contributed by atoms with E-state index in [2.05, 4.69) is 32.9 Å². The number of hydrogen-bond acceptors (Lipinski definition) is 3. The van der Waals surface area contributed by atoms with Gasteiger partial charge in [-0.2, -0.15) is 0 Å².